The van der Waals surface area contributed by atoms with Gasteiger partial charge in [-0.3, -0.25) is 14.6 Å². The minimum atomic E-state index is -1.13. The molecular formula is C50H51F2N7O6. The summed E-state index contributed by atoms with van der Waals surface area (Å²) in [6.07, 6.45) is 6.65. The number of hydrogen-bond acceptors (Lipinski definition) is 8. The van der Waals surface area contributed by atoms with Crippen molar-refractivity contribution in [1.29, 1.82) is 0 Å². The molecular weight excluding hydrogens is 833 g/mol. The number of H-pyrrole nitrogens is 1. The van der Waals surface area contributed by atoms with Gasteiger partial charge >= 0.3 is 12.2 Å². The number of carbonyl (C=O) groups excluding carboxylic acids is 4. The summed E-state index contributed by atoms with van der Waals surface area (Å²) < 4.78 is 38.0. The number of methoxy groups -OCH3 is 2. The lowest BCUT2D eigenvalue weighted by Gasteiger charge is -2.31. The van der Waals surface area contributed by atoms with Gasteiger partial charge < -0.3 is 34.9 Å². The van der Waals surface area contributed by atoms with E-state index in [0.717, 1.165) is 71.3 Å². The van der Waals surface area contributed by atoms with E-state index in [9.17, 15) is 28.0 Å². The van der Waals surface area contributed by atoms with Crippen LogP contribution in [0.4, 0.5) is 18.4 Å². The van der Waals surface area contributed by atoms with Gasteiger partial charge in [0, 0.05) is 25.0 Å². The van der Waals surface area contributed by atoms with Crippen LogP contribution in [0.2, 0.25) is 0 Å². The van der Waals surface area contributed by atoms with Crippen molar-refractivity contribution in [3.63, 3.8) is 0 Å². The van der Waals surface area contributed by atoms with Gasteiger partial charge in [-0.15, -0.1) is 0 Å². The van der Waals surface area contributed by atoms with Crippen LogP contribution in [0.25, 0.3) is 28.0 Å². The summed E-state index contributed by atoms with van der Waals surface area (Å²) in [7, 11) is 2.43. The van der Waals surface area contributed by atoms with Crippen LogP contribution in [-0.2, 0) is 19.1 Å². The van der Waals surface area contributed by atoms with E-state index in [1.807, 2.05) is 18.3 Å². The van der Waals surface area contributed by atoms with Gasteiger partial charge in [-0.25, -0.2) is 23.4 Å². The summed E-state index contributed by atoms with van der Waals surface area (Å²) in [5, 5.41) is 5.19. The zero-order chi connectivity index (χ0) is 45.6. The normalized spacial score (nSPS) is 19.4. The summed E-state index contributed by atoms with van der Waals surface area (Å²) in [5.41, 5.74) is 7.50. The van der Waals surface area contributed by atoms with E-state index in [0.29, 0.717) is 36.5 Å². The Hall–Kier alpha value is -7.16. The van der Waals surface area contributed by atoms with Crippen LogP contribution >= 0.6 is 0 Å². The second-order valence-corrected chi connectivity index (χ2v) is 16.6. The fourth-order valence-corrected chi connectivity index (χ4v) is 9.15. The summed E-state index contributed by atoms with van der Waals surface area (Å²) in [6, 6.07) is 24.9. The second kappa shape index (κ2) is 19.7. The Morgan fingerprint density at radius 3 is 1.74 bits per heavy atom. The van der Waals surface area contributed by atoms with Crippen LogP contribution in [0, 0.1) is 17.6 Å². The first-order valence-corrected chi connectivity index (χ1v) is 21.8. The molecule has 5 unspecified atom stereocenters. The number of aromatic nitrogens is 2. The Bertz CT molecular complexity index is 2610. The molecule has 1 aromatic heterocycles. The number of nitrogens with one attached hydrogen (secondary N) is 3. The molecule has 0 aliphatic carbocycles. The van der Waals surface area contributed by atoms with Crippen LogP contribution in [-0.4, -0.2) is 82.8 Å². The highest BCUT2D eigenvalue weighted by Crippen LogP contribution is 2.36. The number of amides is 4. The number of carbonyl (C=O) groups is 4. The molecule has 0 bridgehead atoms. The topological polar surface area (TPSA) is 158 Å². The van der Waals surface area contributed by atoms with E-state index < -0.39 is 35.9 Å². The van der Waals surface area contributed by atoms with E-state index in [-0.39, 0.29) is 29.8 Å². The predicted molar refractivity (Wildman–Crippen MR) is 241 cm³/mol. The summed E-state index contributed by atoms with van der Waals surface area (Å²) >= 11 is 0. The molecule has 15 heteroatoms. The van der Waals surface area contributed by atoms with Crippen molar-refractivity contribution in [3.8, 4) is 22.4 Å². The molecule has 13 nitrogen and oxygen atoms in total. The highest BCUT2D eigenvalue weighted by Gasteiger charge is 2.40. The third kappa shape index (κ3) is 9.83. The number of ether oxygens (including phenoxy) is 2. The lowest BCUT2D eigenvalue weighted by molar-refractivity contribution is -0.135. The van der Waals surface area contributed by atoms with Gasteiger partial charge in [0.2, 0.25) is 5.91 Å². The number of halogens is 2. The van der Waals surface area contributed by atoms with E-state index in [4.69, 9.17) is 14.5 Å². The second-order valence-electron chi connectivity index (χ2n) is 16.6. The zero-order valence-electron chi connectivity index (χ0n) is 36.4. The molecule has 4 aromatic carbocycles. The largest absolute Gasteiger partial charge is 0.453 e. The van der Waals surface area contributed by atoms with Gasteiger partial charge in [-0.1, -0.05) is 79.7 Å². The third-order valence-corrected chi connectivity index (χ3v) is 12.6. The van der Waals surface area contributed by atoms with Gasteiger partial charge in [-0.05, 0) is 108 Å². The molecule has 2 fully saturated rings. The van der Waals surface area contributed by atoms with Gasteiger partial charge in [0.25, 0.3) is 5.91 Å². The Morgan fingerprint density at radius 2 is 1.20 bits per heavy atom. The van der Waals surface area contributed by atoms with Gasteiger partial charge in [0.1, 0.15) is 29.5 Å². The molecule has 0 saturated carbocycles. The van der Waals surface area contributed by atoms with Crippen molar-refractivity contribution in [2.45, 2.75) is 69.6 Å². The maximum absolute atomic E-state index is 14.2. The molecule has 5 aromatic rings. The highest BCUT2D eigenvalue weighted by atomic mass is 19.1. The maximum atomic E-state index is 14.2. The highest BCUT2D eigenvalue weighted by molar-refractivity contribution is 5.98. The number of rotatable bonds is 11. The molecule has 65 heavy (non-hydrogen) atoms. The molecule has 3 aliphatic heterocycles. The average molecular weight is 884 g/mol. The van der Waals surface area contributed by atoms with Crippen LogP contribution in [0.1, 0.15) is 86.1 Å². The maximum Gasteiger partial charge on any atom is 0.407 e. The van der Waals surface area contributed by atoms with Crippen LogP contribution < -0.4 is 10.6 Å². The summed E-state index contributed by atoms with van der Waals surface area (Å²) in [5.74, 6) is -1.02. The Labute approximate surface area is 375 Å². The number of hydrogen-bond donors (Lipinski definition) is 3. The van der Waals surface area contributed by atoms with Crippen molar-refractivity contribution in [1.82, 2.24) is 30.4 Å². The predicted octanol–water partition coefficient (Wildman–Crippen LogP) is 9.08. The van der Waals surface area contributed by atoms with Crippen molar-refractivity contribution in [2.24, 2.45) is 10.9 Å². The molecule has 8 rings (SSSR count). The molecule has 2 saturated heterocycles. The quantitative estimate of drug-likeness (QED) is 0.119. The number of nitrogens with zero attached hydrogens (tertiary/aromatic N) is 4. The van der Waals surface area contributed by atoms with Gasteiger partial charge in [0.05, 0.1) is 38.2 Å². The first-order valence-electron chi connectivity index (χ1n) is 21.8. The fourth-order valence-electron chi connectivity index (χ4n) is 9.15. The number of alkyl carbamates (subject to hydrolysis) is 2. The number of aromatic amines is 1. The number of imidazole rings is 1. The molecule has 4 amide bonds. The first kappa shape index (κ1) is 44.4. The third-order valence-electron chi connectivity index (χ3n) is 12.6. The average Bonchev–Trinajstić information content (AvgIpc) is 4.11. The van der Waals surface area contributed by atoms with E-state index in [2.05, 4.69) is 63.9 Å². The van der Waals surface area contributed by atoms with E-state index in [1.165, 1.54) is 50.6 Å². The molecule has 0 spiro atoms. The molecule has 5 atom stereocenters. The number of aliphatic imine (C=N–C) groups is 1. The standard InChI is InChI=1S/C50H51F2N7O6/c1-30-14-15-37(28-53-43(30)41-12-6-24-58(41)47(60)44(56-49(62)64-2)35-8-4-10-38(51)26-35)33-18-16-31(17-19-33)32-20-22-34(23-21-32)40-29-54-46(55-40)42-13-7-25-59(42)48(61)45(57-50(63)65-3)36-9-5-11-39(52)27-36/h4-5,8-11,16-23,26-30,41-42,44-45H,6-7,12-15,24-25H2,1-3H3,(H,54,55)(H,56,62)(H,57,63). The smallest absolute Gasteiger partial charge is 0.407 e. The number of allylic oxidation sites excluding steroid dienone is 1. The summed E-state index contributed by atoms with van der Waals surface area (Å²) in [6.45, 7) is 3.08. The van der Waals surface area contributed by atoms with Crippen LogP contribution in [0.15, 0.2) is 114 Å². The Kier molecular flexibility index (Phi) is 13.5. The molecule has 0 radical (unpaired) electrons. The molecule has 3 N–H and O–H groups in total. The van der Waals surface area contributed by atoms with Crippen LogP contribution in [0.3, 0.4) is 0 Å². The van der Waals surface area contributed by atoms with Crippen molar-refractivity contribution in [3.05, 3.63) is 144 Å². The van der Waals surface area contributed by atoms with Crippen LogP contribution in [0.5, 0.6) is 0 Å². The molecule has 3 aliphatic rings. The number of likely N-dealkylation sites (tertiary alicyclic amines) is 2. The minimum Gasteiger partial charge on any atom is -0.453 e. The lowest BCUT2D eigenvalue weighted by Crippen LogP contribution is -2.48. The van der Waals surface area contributed by atoms with E-state index >= 15 is 0 Å². The van der Waals surface area contributed by atoms with Gasteiger partial charge in [0.15, 0.2) is 0 Å². The zero-order valence-corrected chi connectivity index (χ0v) is 36.4. The summed E-state index contributed by atoms with van der Waals surface area (Å²) in [4.78, 5) is 69.1. The van der Waals surface area contributed by atoms with E-state index in [1.54, 1.807) is 28.1 Å². The fraction of sp³-hybridized carbons (Fsp3) is 0.320. The SMILES string of the molecule is COC(=O)NC(C(=O)N1CCCC1C1=NC=C(c2ccc(-c3ccc(-c4cnc(C5CCCN5C(=O)C(NC(=O)OC)c5cccc(F)c5)[nH]4)cc3)cc2)CCC1C)c1cccc(F)c1. The number of benzene rings is 4. The van der Waals surface area contributed by atoms with Crippen molar-refractivity contribution < 1.29 is 37.4 Å². The van der Waals surface area contributed by atoms with Gasteiger partial charge in [-0.2, -0.15) is 0 Å². The van der Waals surface area contributed by atoms with Crippen molar-refractivity contribution in [2.75, 3.05) is 27.3 Å². The molecule has 4 heterocycles. The first-order chi connectivity index (χ1) is 31.5. The Morgan fingerprint density at radius 1 is 0.692 bits per heavy atom. The lowest BCUT2D eigenvalue weighted by atomic mass is 9.90. The Balaban J connectivity index is 0.942. The minimum absolute atomic E-state index is 0.0983. The molecule has 336 valence electrons. The monoisotopic (exact) mass is 883 g/mol. The van der Waals surface area contributed by atoms with Crippen molar-refractivity contribution >= 4 is 35.3 Å².